The summed E-state index contributed by atoms with van der Waals surface area (Å²) in [6.07, 6.45) is 1.90. The highest BCUT2D eigenvalue weighted by Gasteiger charge is 2.25. The first-order chi connectivity index (χ1) is 15.4. The van der Waals surface area contributed by atoms with E-state index in [9.17, 15) is 13.2 Å². The number of hydrogen-bond acceptors (Lipinski definition) is 3. The van der Waals surface area contributed by atoms with Crippen molar-refractivity contribution in [3.05, 3.63) is 95.6 Å². The van der Waals surface area contributed by atoms with Crippen molar-refractivity contribution in [2.24, 2.45) is 0 Å². The van der Waals surface area contributed by atoms with Gasteiger partial charge in [0.25, 0.3) is 15.9 Å². The van der Waals surface area contributed by atoms with Gasteiger partial charge in [0, 0.05) is 25.7 Å². The average molecular weight is 449 g/mol. The van der Waals surface area contributed by atoms with E-state index in [-0.39, 0.29) is 10.8 Å². The fraction of sp³-hybridized carbons (Fsp3) is 0.269. The van der Waals surface area contributed by atoms with Gasteiger partial charge in [-0.2, -0.15) is 0 Å². The molecule has 0 bridgehead atoms. The lowest BCUT2D eigenvalue weighted by Gasteiger charge is -2.32. The summed E-state index contributed by atoms with van der Waals surface area (Å²) in [6, 6.07) is 24.0. The molecular weight excluding hydrogens is 420 g/mol. The third-order valence-electron chi connectivity index (χ3n) is 6.21. The Kier molecular flexibility index (Phi) is 6.33. The number of piperidine rings is 1. The molecule has 4 rings (SSSR count). The molecule has 0 spiro atoms. The Balaban J connectivity index is 1.42. The van der Waals surface area contributed by atoms with Crippen molar-refractivity contribution < 1.29 is 13.2 Å². The van der Waals surface area contributed by atoms with Crippen LogP contribution in [0.4, 0.5) is 5.69 Å². The summed E-state index contributed by atoms with van der Waals surface area (Å²) in [7, 11) is -2.13. The van der Waals surface area contributed by atoms with Crippen LogP contribution in [-0.2, 0) is 10.0 Å². The van der Waals surface area contributed by atoms with Crippen LogP contribution in [0.25, 0.3) is 0 Å². The molecule has 32 heavy (non-hydrogen) atoms. The van der Waals surface area contributed by atoms with Gasteiger partial charge in [-0.25, -0.2) is 8.42 Å². The second-order valence-electron chi connectivity index (χ2n) is 8.31. The molecule has 3 aromatic carbocycles. The SMILES string of the molecule is Cc1ccc(S(=O)(=O)N(C)c2ccc(C(=O)N3CCC(c4ccccc4)CC3)cc2)cc1. The minimum Gasteiger partial charge on any atom is -0.339 e. The quantitative estimate of drug-likeness (QED) is 0.561. The molecule has 0 unspecified atom stereocenters. The molecule has 3 aromatic rings. The number of sulfonamides is 1. The van der Waals surface area contributed by atoms with E-state index in [1.54, 1.807) is 48.5 Å². The zero-order valence-electron chi connectivity index (χ0n) is 18.4. The van der Waals surface area contributed by atoms with Crippen molar-refractivity contribution in [2.75, 3.05) is 24.4 Å². The molecule has 1 amide bonds. The Morgan fingerprint density at radius 1 is 0.875 bits per heavy atom. The lowest BCUT2D eigenvalue weighted by atomic mass is 9.89. The highest BCUT2D eigenvalue weighted by Crippen LogP contribution is 2.29. The first-order valence-corrected chi connectivity index (χ1v) is 12.3. The zero-order chi connectivity index (χ0) is 22.7. The van der Waals surface area contributed by atoms with Gasteiger partial charge < -0.3 is 4.90 Å². The van der Waals surface area contributed by atoms with Crippen LogP contribution >= 0.6 is 0 Å². The second-order valence-corrected chi connectivity index (χ2v) is 10.3. The molecule has 5 nitrogen and oxygen atoms in total. The standard InChI is InChI=1S/C26H28N2O3S/c1-20-8-14-25(15-9-20)32(30,31)27(2)24-12-10-23(11-13-24)26(29)28-18-16-22(17-19-28)21-6-4-3-5-7-21/h3-15,22H,16-19H2,1-2H3. The van der Waals surface area contributed by atoms with E-state index >= 15 is 0 Å². The van der Waals surface area contributed by atoms with Crippen LogP contribution in [0.5, 0.6) is 0 Å². The first-order valence-electron chi connectivity index (χ1n) is 10.9. The van der Waals surface area contributed by atoms with E-state index in [1.807, 2.05) is 17.9 Å². The van der Waals surface area contributed by atoms with E-state index < -0.39 is 10.0 Å². The molecule has 0 atom stereocenters. The van der Waals surface area contributed by atoms with Crippen molar-refractivity contribution in [1.29, 1.82) is 0 Å². The predicted octanol–water partition coefficient (Wildman–Crippen LogP) is 4.84. The lowest BCUT2D eigenvalue weighted by molar-refractivity contribution is 0.0713. The predicted molar refractivity (Wildman–Crippen MR) is 128 cm³/mol. The number of benzene rings is 3. The topological polar surface area (TPSA) is 57.7 Å². The maximum absolute atomic E-state index is 13.0. The average Bonchev–Trinajstić information content (AvgIpc) is 2.84. The molecule has 1 heterocycles. The molecule has 1 aliphatic rings. The van der Waals surface area contributed by atoms with Gasteiger partial charge >= 0.3 is 0 Å². The maximum atomic E-state index is 13.0. The van der Waals surface area contributed by atoms with Crippen molar-refractivity contribution in [2.45, 2.75) is 30.6 Å². The zero-order valence-corrected chi connectivity index (χ0v) is 19.3. The van der Waals surface area contributed by atoms with E-state index in [4.69, 9.17) is 0 Å². The Morgan fingerprint density at radius 3 is 2.06 bits per heavy atom. The number of hydrogen-bond donors (Lipinski definition) is 0. The number of rotatable bonds is 5. The lowest BCUT2D eigenvalue weighted by Crippen LogP contribution is -2.37. The summed E-state index contributed by atoms with van der Waals surface area (Å²) in [5.41, 5.74) is 3.43. The molecule has 0 aliphatic carbocycles. The van der Waals surface area contributed by atoms with E-state index in [0.29, 0.717) is 17.2 Å². The Labute approximate surface area is 190 Å². The van der Waals surface area contributed by atoms with Crippen LogP contribution in [0, 0.1) is 6.92 Å². The third kappa shape index (κ3) is 4.55. The summed E-state index contributed by atoms with van der Waals surface area (Å²) in [4.78, 5) is 15.1. The van der Waals surface area contributed by atoms with Gasteiger partial charge in [-0.05, 0) is 67.6 Å². The highest BCUT2D eigenvalue weighted by atomic mass is 32.2. The van der Waals surface area contributed by atoms with Crippen LogP contribution in [0.1, 0.15) is 40.2 Å². The van der Waals surface area contributed by atoms with Crippen molar-refractivity contribution in [3.8, 4) is 0 Å². The molecule has 0 aromatic heterocycles. The van der Waals surface area contributed by atoms with Gasteiger partial charge in [-0.15, -0.1) is 0 Å². The second kappa shape index (κ2) is 9.17. The van der Waals surface area contributed by atoms with E-state index in [2.05, 4.69) is 24.3 Å². The minimum atomic E-state index is -3.66. The minimum absolute atomic E-state index is 0.00731. The molecule has 6 heteroatoms. The fourth-order valence-corrected chi connectivity index (χ4v) is 5.34. The number of amides is 1. The van der Waals surface area contributed by atoms with Crippen LogP contribution in [0.2, 0.25) is 0 Å². The maximum Gasteiger partial charge on any atom is 0.264 e. The Hall–Kier alpha value is -3.12. The normalized spacial score (nSPS) is 14.9. The number of likely N-dealkylation sites (tertiary alicyclic amines) is 1. The van der Waals surface area contributed by atoms with Crippen molar-refractivity contribution in [3.63, 3.8) is 0 Å². The summed E-state index contributed by atoms with van der Waals surface area (Å²) in [5, 5.41) is 0. The van der Waals surface area contributed by atoms with Crippen LogP contribution in [0.15, 0.2) is 83.8 Å². The van der Waals surface area contributed by atoms with Gasteiger partial charge in [0.2, 0.25) is 0 Å². The summed E-state index contributed by atoms with van der Waals surface area (Å²) in [5.74, 6) is 0.482. The number of anilines is 1. The van der Waals surface area contributed by atoms with E-state index in [1.165, 1.54) is 16.9 Å². The molecule has 0 N–H and O–H groups in total. The van der Waals surface area contributed by atoms with Crippen LogP contribution in [-0.4, -0.2) is 39.4 Å². The summed E-state index contributed by atoms with van der Waals surface area (Å²) in [6.45, 7) is 3.36. The van der Waals surface area contributed by atoms with E-state index in [0.717, 1.165) is 31.5 Å². The molecule has 0 radical (unpaired) electrons. The van der Waals surface area contributed by atoms with Crippen LogP contribution < -0.4 is 4.31 Å². The van der Waals surface area contributed by atoms with Gasteiger partial charge in [-0.1, -0.05) is 48.0 Å². The Morgan fingerprint density at radius 2 is 1.47 bits per heavy atom. The number of nitrogens with zero attached hydrogens (tertiary/aromatic N) is 2. The summed E-state index contributed by atoms with van der Waals surface area (Å²) >= 11 is 0. The first kappa shape index (κ1) is 22.1. The van der Waals surface area contributed by atoms with Gasteiger partial charge in [0.15, 0.2) is 0 Å². The molecule has 166 valence electrons. The largest absolute Gasteiger partial charge is 0.339 e. The highest BCUT2D eigenvalue weighted by molar-refractivity contribution is 7.92. The Bertz CT molecular complexity index is 1170. The monoisotopic (exact) mass is 448 g/mol. The van der Waals surface area contributed by atoms with Crippen LogP contribution in [0.3, 0.4) is 0 Å². The summed E-state index contributed by atoms with van der Waals surface area (Å²) < 4.78 is 27.1. The number of carbonyl (C=O) groups excluding carboxylic acids is 1. The van der Waals surface area contributed by atoms with Crippen molar-refractivity contribution >= 4 is 21.6 Å². The third-order valence-corrected chi connectivity index (χ3v) is 8.01. The molecular formula is C26H28N2O3S. The molecule has 0 saturated carbocycles. The number of carbonyl (C=O) groups is 1. The van der Waals surface area contributed by atoms with Gasteiger partial charge in [0.1, 0.15) is 0 Å². The van der Waals surface area contributed by atoms with Crippen molar-refractivity contribution in [1.82, 2.24) is 4.90 Å². The van der Waals surface area contributed by atoms with Gasteiger partial charge in [-0.3, -0.25) is 9.10 Å². The molecule has 1 fully saturated rings. The van der Waals surface area contributed by atoms with Gasteiger partial charge in [0.05, 0.1) is 10.6 Å². The molecule has 1 aliphatic heterocycles. The fourth-order valence-electron chi connectivity index (χ4n) is 4.14. The number of aryl methyl sites for hydroxylation is 1. The molecule has 1 saturated heterocycles. The smallest absolute Gasteiger partial charge is 0.264 e.